The predicted octanol–water partition coefficient (Wildman–Crippen LogP) is -0.152. The lowest BCUT2D eigenvalue weighted by atomic mass is 10.5. The molecule has 0 saturated carbocycles. The third-order valence-corrected chi connectivity index (χ3v) is 1.84. The van der Waals surface area contributed by atoms with Crippen molar-refractivity contribution in [3.63, 3.8) is 0 Å². The molecule has 0 aliphatic heterocycles. The minimum Gasteiger partial charge on any atom is -0.379 e. The number of nitrogens with two attached hydrogens (primary N) is 1. The van der Waals surface area contributed by atoms with Crippen molar-refractivity contribution in [2.24, 2.45) is 0 Å². The number of rotatable bonds is 1. The molecule has 0 amide bonds. The third kappa shape index (κ3) is 0.975. The van der Waals surface area contributed by atoms with Crippen LogP contribution >= 0.6 is 11.3 Å². The fourth-order valence-corrected chi connectivity index (χ4v) is 1.21. The largest absolute Gasteiger partial charge is 0.379 e. The minimum atomic E-state index is -0.0209. The maximum absolute atomic E-state index is 7.06. The summed E-state index contributed by atoms with van der Waals surface area (Å²) in [7, 11) is 0. The van der Waals surface area contributed by atoms with Crippen LogP contribution in [0.2, 0.25) is 0 Å². The molecule has 2 aromatic heterocycles. The van der Waals surface area contributed by atoms with E-state index < -0.39 is 0 Å². The average Bonchev–Trinajstić information content (AvgIpc) is 2.58. The summed E-state index contributed by atoms with van der Waals surface area (Å²) in [6.07, 6.45) is 0. The molecule has 8 heteroatoms. The Morgan fingerprint density at radius 3 is 2.67 bits per heavy atom. The van der Waals surface area contributed by atoms with E-state index >= 15 is 0 Å². The van der Waals surface area contributed by atoms with Gasteiger partial charge in [-0.1, -0.05) is 16.5 Å². The van der Waals surface area contributed by atoms with E-state index in [1.165, 1.54) is 0 Å². The molecule has 0 aliphatic rings. The second-order valence-electron chi connectivity index (χ2n) is 1.88. The Balaban J connectivity index is 2.57. The Labute approximate surface area is 69.3 Å². The first-order chi connectivity index (χ1) is 5.77. The van der Waals surface area contributed by atoms with Gasteiger partial charge in [-0.3, -0.25) is 5.41 Å². The van der Waals surface area contributed by atoms with Gasteiger partial charge in [0.1, 0.15) is 0 Å². The van der Waals surface area contributed by atoms with E-state index in [0.717, 1.165) is 11.3 Å². The third-order valence-electron chi connectivity index (χ3n) is 1.12. The lowest BCUT2D eigenvalue weighted by molar-refractivity contribution is 0.310. The van der Waals surface area contributed by atoms with Gasteiger partial charge in [0, 0.05) is 0 Å². The molecule has 7 nitrogen and oxygen atoms in total. The van der Waals surface area contributed by atoms with E-state index in [1.54, 1.807) is 0 Å². The highest BCUT2D eigenvalue weighted by atomic mass is 32.1. The van der Waals surface area contributed by atoms with E-state index in [4.69, 9.17) is 11.1 Å². The van der Waals surface area contributed by atoms with Gasteiger partial charge in [0.05, 0.1) is 0 Å². The lowest BCUT2D eigenvalue weighted by Gasteiger charge is -1.81. The van der Waals surface area contributed by atoms with Crippen LogP contribution in [0.25, 0.3) is 10.7 Å². The molecular weight excluding hydrogens is 182 g/mol. The Hall–Kier alpha value is -1.70. The molecule has 3 N–H and O–H groups in total. The van der Waals surface area contributed by atoms with Gasteiger partial charge in [-0.25, -0.2) is 4.63 Å². The molecule has 2 aromatic rings. The van der Waals surface area contributed by atoms with Crippen LogP contribution in [-0.2, 0) is 0 Å². The zero-order chi connectivity index (χ0) is 8.55. The van der Waals surface area contributed by atoms with Crippen molar-refractivity contribution in [2.45, 2.75) is 0 Å². The molecule has 0 atom stereocenters. The molecule has 0 fully saturated rings. The summed E-state index contributed by atoms with van der Waals surface area (Å²) in [5.74, 6) is 0.138. The van der Waals surface area contributed by atoms with Gasteiger partial charge in [0.25, 0.3) is 4.87 Å². The quantitative estimate of drug-likeness (QED) is 0.638. The molecular formula is C4H3N5O2S. The molecule has 0 aromatic carbocycles. The Bertz CT molecular complexity index is 442. The molecule has 12 heavy (non-hydrogen) atoms. The van der Waals surface area contributed by atoms with Gasteiger partial charge in [0.15, 0.2) is 16.5 Å². The van der Waals surface area contributed by atoms with Gasteiger partial charge in [0.2, 0.25) is 0 Å². The average molecular weight is 185 g/mol. The number of nitrogen functional groups attached to an aromatic ring is 1. The summed E-state index contributed by atoms with van der Waals surface area (Å²) >= 11 is 1.01. The first kappa shape index (κ1) is 6.98. The molecule has 0 unspecified atom stereocenters. The fourth-order valence-electron chi connectivity index (χ4n) is 0.643. The molecule has 2 heterocycles. The topological polar surface area (TPSA) is 115 Å². The molecule has 0 aliphatic carbocycles. The molecule has 2 rings (SSSR count). The zero-order valence-electron chi connectivity index (χ0n) is 5.64. The second-order valence-corrected chi connectivity index (χ2v) is 2.84. The smallest absolute Gasteiger partial charge is 0.300 e. The van der Waals surface area contributed by atoms with Crippen LogP contribution in [-0.4, -0.2) is 15.5 Å². The van der Waals surface area contributed by atoms with Crippen LogP contribution in [0.3, 0.4) is 0 Å². The van der Waals surface area contributed by atoms with E-state index in [-0.39, 0.29) is 10.7 Å². The zero-order valence-corrected chi connectivity index (χ0v) is 6.46. The minimum absolute atomic E-state index is 0.0209. The van der Waals surface area contributed by atoms with Crippen LogP contribution in [0.5, 0.6) is 0 Å². The maximum Gasteiger partial charge on any atom is 0.300 e. The Kier molecular flexibility index (Phi) is 1.40. The van der Waals surface area contributed by atoms with Crippen LogP contribution in [0, 0.1) is 5.41 Å². The lowest BCUT2D eigenvalue weighted by Crippen LogP contribution is -1.87. The Morgan fingerprint density at radius 1 is 1.33 bits per heavy atom. The molecule has 62 valence electrons. The summed E-state index contributed by atoms with van der Waals surface area (Å²) in [5.41, 5.74) is 5.69. The summed E-state index contributed by atoms with van der Waals surface area (Å²) in [6.45, 7) is 0. The highest BCUT2D eigenvalue weighted by Crippen LogP contribution is 2.20. The van der Waals surface area contributed by atoms with Crippen LogP contribution < -0.4 is 10.6 Å². The molecule has 0 saturated heterocycles. The number of nitrogens with one attached hydrogen (secondary N) is 1. The van der Waals surface area contributed by atoms with Crippen molar-refractivity contribution in [3.05, 3.63) is 4.87 Å². The molecule has 0 radical (unpaired) electrons. The van der Waals surface area contributed by atoms with Crippen molar-refractivity contribution < 1.29 is 9.15 Å². The van der Waals surface area contributed by atoms with E-state index in [2.05, 4.69) is 24.6 Å². The van der Waals surface area contributed by atoms with Crippen LogP contribution in [0.15, 0.2) is 9.15 Å². The van der Waals surface area contributed by atoms with Crippen molar-refractivity contribution >= 4 is 17.2 Å². The van der Waals surface area contributed by atoms with Crippen LogP contribution in [0.4, 0.5) is 5.82 Å². The second kappa shape index (κ2) is 2.41. The first-order valence-corrected chi connectivity index (χ1v) is 3.69. The fraction of sp³-hybridized carbons (Fsp3) is 0. The summed E-state index contributed by atoms with van der Waals surface area (Å²) in [5, 5.41) is 17.8. The van der Waals surface area contributed by atoms with Crippen molar-refractivity contribution in [1.29, 1.82) is 5.41 Å². The summed E-state index contributed by atoms with van der Waals surface area (Å²) in [4.78, 5) is -0.0209. The molecule has 0 bridgehead atoms. The van der Waals surface area contributed by atoms with Gasteiger partial charge in [-0.2, -0.15) is 0 Å². The number of hydrogen-bond donors (Lipinski definition) is 2. The number of aromatic nitrogens is 3. The van der Waals surface area contributed by atoms with Crippen LogP contribution in [0.1, 0.15) is 0 Å². The van der Waals surface area contributed by atoms with Gasteiger partial charge < -0.3 is 10.3 Å². The highest BCUT2D eigenvalue weighted by molar-refractivity contribution is 7.12. The standard InChI is InChI=1S/C4H3N5O2S/c5-2-1(7-11-8-2)3-9-10-4(6)12-3/h6H,(H2,5,8). The predicted molar refractivity (Wildman–Crippen MR) is 37.9 cm³/mol. The van der Waals surface area contributed by atoms with E-state index in [1.807, 2.05) is 0 Å². The number of hydrogen-bond acceptors (Lipinski definition) is 8. The van der Waals surface area contributed by atoms with Crippen molar-refractivity contribution in [3.8, 4) is 10.7 Å². The van der Waals surface area contributed by atoms with Crippen molar-refractivity contribution in [2.75, 3.05) is 5.73 Å². The normalized spacial score (nSPS) is 10.3. The highest BCUT2D eigenvalue weighted by Gasteiger charge is 2.13. The Morgan fingerprint density at radius 2 is 2.17 bits per heavy atom. The molecule has 0 spiro atoms. The summed E-state index contributed by atoms with van der Waals surface area (Å²) < 4.78 is 8.86. The number of anilines is 1. The first-order valence-electron chi connectivity index (χ1n) is 2.87. The SMILES string of the molecule is N=c1onc(-c2nonc2N)s1. The number of nitrogens with zero attached hydrogens (tertiary/aromatic N) is 3. The van der Waals surface area contributed by atoms with Gasteiger partial charge in [-0.15, -0.1) is 0 Å². The maximum atomic E-state index is 7.06. The van der Waals surface area contributed by atoms with Gasteiger partial charge >= 0.3 is 0 Å². The monoisotopic (exact) mass is 185 g/mol. The van der Waals surface area contributed by atoms with Gasteiger partial charge in [-0.05, 0) is 10.3 Å². The van der Waals surface area contributed by atoms with E-state index in [0.29, 0.717) is 10.7 Å². The van der Waals surface area contributed by atoms with E-state index in [9.17, 15) is 0 Å². The summed E-state index contributed by atoms with van der Waals surface area (Å²) in [6, 6.07) is 0. The van der Waals surface area contributed by atoms with Crippen molar-refractivity contribution in [1.82, 2.24) is 15.5 Å².